The van der Waals surface area contributed by atoms with E-state index >= 15 is 0 Å². The lowest BCUT2D eigenvalue weighted by atomic mass is 10.1. The molecule has 1 aliphatic rings. The summed E-state index contributed by atoms with van der Waals surface area (Å²) in [4.78, 5) is 28.2. The van der Waals surface area contributed by atoms with Crippen molar-refractivity contribution >= 4 is 27.7 Å². The average Bonchev–Trinajstić information content (AvgIpc) is 3.35. The Morgan fingerprint density at radius 2 is 1.74 bits per heavy atom. The lowest BCUT2D eigenvalue weighted by molar-refractivity contribution is -0.140. The van der Waals surface area contributed by atoms with Crippen molar-refractivity contribution in [3.8, 4) is 11.5 Å². The first-order chi connectivity index (χ1) is 16.9. The zero-order chi connectivity index (χ0) is 25.2. The van der Waals surface area contributed by atoms with E-state index in [1.54, 1.807) is 4.90 Å². The van der Waals surface area contributed by atoms with Crippen molar-refractivity contribution in [1.29, 1.82) is 0 Å². The number of carbonyl (C=O) groups excluding carboxylic acids is 2. The first-order valence-electron chi connectivity index (χ1n) is 12.6. The number of hydrogen-bond donors (Lipinski definition) is 1. The lowest BCUT2D eigenvalue weighted by Crippen LogP contribution is -2.49. The summed E-state index contributed by atoms with van der Waals surface area (Å²) in [7, 11) is 0. The Morgan fingerprint density at radius 3 is 2.43 bits per heavy atom. The lowest BCUT2D eigenvalue weighted by Gasteiger charge is -2.30. The summed E-state index contributed by atoms with van der Waals surface area (Å²) in [5.74, 6) is 1.26. The molecule has 1 aliphatic carbocycles. The Labute approximate surface area is 217 Å². The van der Waals surface area contributed by atoms with Crippen molar-refractivity contribution in [1.82, 2.24) is 10.2 Å². The molecule has 1 N–H and O–H groups in total. The number of halogens is 1. The number of amides is 2. The SMILES string of the molecule is CCOc1ccc(CCC(=O)N(Cc2cccc(Br)c2)[C@H](C)C(=O)NC2CCCC2)cc1OCC. The first kappa shape index (κ1) is 27.1. The zero-order valence-corrected chi connectivity index (χ0v) is 22.6. The highest BCUT2D eigenvalue weighted by Gasteiger charge is 2.28. The molecule has 1 atom stereocenters. The highest BCUT2D eigenvalue weighted by atomic mass is 79.9. The molecule has 0 saturated heterocycles. The van der Waals surface area contributed by atoms with Gasteiger partial charge in [0.25, 0.3) is 0 Å². The Bertz CT molecular complexity index is 991. The van der Waals surface area contributed by atoms with E-state index in [0.717, 1.165) is 41.3 Å². The maximum absolute atomic E-state index is 13.4. The summed E-state index contributed by atoms with van der Waals surface area (Å²) < 4.78 is 12.3. The van der Waals surface area contributed by atoms with Gasteiger partial charge in [-0.2, -0.15) is 0 Å². The number of nitrogens with zero attached hydrogens (tertiary/aromatic N) is 1. The molecule has 2 aromatic rings. The monoisotopic (exact) mass is 544 g/mol. The van der Waals surface area contributed by atoms with Gasteiger partial charge < -0.3 is 19.7 Å². The van der Waals surface area contributed by atoms with E-state index in [1.165, 1.54) is 0 Å². The summed E-state index contributed by atoms with van der Waals surface area (Å²) in [6, 6.07) is 13.3. The number of rotatable bonds is 12. The third-order valence-corrected chi connectivity index (χ3v) is 6.84. The number of benzene rings is 2. The molecule has 2 amide bonds. The summed E-state index contributed by atoms with van der Waals surface area (Å²) in [6.07, 6.45) is 5.17. The summed E-state index contributed by atoms with van der Waals surface area (Å²) in [6.45, 7) is 7.17. The van der Waals surface area contributed by atoms with Crippen LogP contribution in [0.25, 0.3) is 0 Å². The summed E-state index contributed by atoms with van der Waals surface area (Å²) in [5.41, 5.74) is 1.98. The minimum atomic E-state index is -0.554. The molecule has 190 valence electrons. The highest BCUT2D eigenvalue weighted by molar-refractivity contribution is 9.10. The van der Waals surface area contributed by atoms with E-state index in [1.807, 2.05) is 63.2 Å². The molecular formula is C28H37BrN2O4. The quantitative estimate of drug-likeness (QED) is 0.374. The van der Waals surface area contributed by atoms with Crippen LogP contribution in [0, 0.1) is 0 Å². The maximum Gasteiger partial charge on any atom is 0.242 e. The topological polar surface area (TPSA) is 67.9 Å². The molecule has 0 spiro atoms. The average molecular weight is 546 g/mol. The number of aryl methyl sites for hydroxylation is 1. The van der Waals surface area contributed by atoms with E-state index in [-0.39, 0.29) is 17.9 Å². The van der Waals surface area contributed by atoms with Crippen molar-refractivity contribution in [3.05, 3.63) is 58.1 Å². The Hall–Kier alpha value is -2.54. The van der Waals surface area contributed by atoms with Gasteiger partial charge in [-0.05, 0) is 75.4 Å². The first-order valence-corrected chi connectivity index (χ1v) is 13.4. The van der Waals surface area contributed by atoms with E-state index in [9.17, 15) is 9.59 Å². The van der Waals surface area contributed by atoms with Gasteiger partial charge in [0, 0.05) is 23.5 Å². The zero-order valence-electron chi connectivity index (χ0n) is 21.0. The third-order valence-electron chi connectivity index (χ3n) is 6.35. The molecule has 7 heteroatoms. The van der Waals surface area contributed by atoms with Gasteiger partial charge in [0.2, 0.25) is 11.8 Å². The van der Waals surface area contributed by atoms with E-state index in [2.05, 4.69) is 21.2 Å². The van der Waals surface area contributed by atoms with Crippen molar-refractivity contribution in [2.24, 2.45) is 0 Å². The van der Waals surface area contributed by atoms with Crippen LogP contribution < -0.4 is 14.8 Å². The van der Waals surface area contributed by atoms with Crippen molar-refractivity contribution in [2.75, 3.05) is 13.2 Å². The van der Waals surface area contributed by atoms with E-state index < -0.39 is 6.04 Å². The second-order valence-corrected chi connectivity index (χ2v) is 9.88. The van der Waals surface area contributed by atoms with Crippen molar-refractivity contribution in [2.45, 2.75) is 77.9 Å². The smallest absolute Gasteiger partial charge is 0.242 e. The third kappa shape index (κ3) is 7.99. The Morgan fingerprint density at radius 1 is 1.03 bits per heavy atom. The maximum atomic E-state index is 13.4. The van der Waals surface area contributed by atoms with Crippen LogP contribution in [0.3, 0.4) is 0 Å². The van der Waals surface area contributed by atoms with Gasteiger partial charge in [-0.15, -0.1) is 0 Å². The summed E-state index contributed by atoms with van der Waals surface area (Å²) in [5, 5.41) is 3.15. The molecule has 0 unspecified atom stereocenters. The predicted octanol–water partition coefficient (Wildman–Crippen LogP) is 5.66. The van der Waals surface area contributed by atoms with Crippen LogP contribution >= 0.6 is 15.9 Å². The molecule has 1 fully saturated rings. The molecule has 2 aromatic carbocycles. The molecule has 1 saturated carbocycles. The largest absolute Gasteiger partial charge is 0.490 e. The van der Waals surface area contributed by atoms with Crippen molar-refractivity contribution in [3.63, 3.8) is 0 Å². The van der Waals surface area contributed by atoms with Gasteiger partial charge in [0.15, 0.2) is 11.5 Å². The molecular weight excluding hydrogens is 508 g/mol. The van der Waals surface area contributed by atoms with Gasteiger partial charge in [-0.3, -0.25) is 9.59 Å². The highest BCUT2D eigenvalue weighted by Crippen LogP contribution is 2.29. The fourth-order valence-corrected chi connectivity index (χ4v) is 4.90. The van der Waals surface area contributed by atoms with Crippen LogP contribution in [0.1, 0.15) is 64.0 Å². The molecule has 0 bridgehead atoms. The molecule has 0 aliphatic heterocycles. The number of hydrogen-bond acceptors (Lipinski definition) is 4. The Kier molecular flexibility index (Phi) is 10.5. The van der Waals surface area contributed by atoms with Gasteiger partial charge in [-0.1, -0.05) is 47.0 Å². The molecule has 3 rings (SSSR count). The second kappa shape index (κ2) is 13.5. The van der Waals surface area contributed by atoms with Crippen LogP contribution in [-0.2, 0) is 22.6 Å². The normalized spacial score (nSPS) is 14.4. The van der Waals surface area contributed by atoms with Crippen LogP contribution in [0.15, 0.2) is 46.9 Å². The van der Waals surface area contributed by atoms with Gasteiger partial charge in [0.05, 0.1) is 13.2 Å². The molecule has 0 aromatic heterocycles. The standard InChI is InChI=1S/C28H37BrN2O4/c1-4-34-25-15-13-21(18-26(25)35-5-2)14-16-27(32)31(19-22-9-8-10-23(29)17-22)20(3)28(33)30-24-11-6-7-12-24/h8-10,13,15,17-18,20,24H,4-7,11-12,14,16,19H2,1-3H3,(H,30,33)/t20-/m1/s1. The number of nitrogens with one attached hydrogen (secondary N) is 1. The fourth-order valence-electron chi connectivity index (χ4n) is 4.45. The van der Waals surface area contributed by atoms with Crippen molar-refractivity contribution < 1.29 is 19.1 Å². The number of carbonyl (C=O) groups is 2. The van der Waals surface area contributed by atoms with Gasteiger partial charge >= 0.3 is 0 Å². The van der Waals surface area contributed by atoms with Crippen LogP contribution in [0.2, 0.25) is 0 Å². The fraction of sp³-hybridized carbons (Fsp3) is 0.500. The van der Waals surface area contributed by atoms with Crippen LogP contribution in [-0.4, -0.2) is 42.0 Å². The molecule has 0 heterocycles. The van der Waals surface area contributed by atoms with Crippen LogP contribution in [0.4, 0.5) is 0 Å². The van der Waals surface area contributed by atoms with E-state index in [0.29, 0.717) is 44.1 Å². The van der Waals surface area contributed by atoms with Crippen LogP contribution in [0.5, 0.6) is 11.5 Å². The summed E-state index contributed by atoms with van der Waals surface area (Å²) >= 11 is 3.51. The van der Waals surface area contributed by atoms with Gasteiger partial charge in [0.1, 0.15) is 6.04 Å². The van der Waals surface area contributed by atoms with Gasteiger partial charge in [-0.25, -0.2) is 0 Å². The minimum absolute atomic E-state index is 0.0501. The molecule has 6 nitrogen and oxygen atoms in total. The Balaban J connectivity index is 1.72. The molecule has 35 heavy (non-hydrogen) atoms. The number of ether oxygens (including phenoxy) is 2. The second-order valence-electron chi connectivity index (χ2n) is 8.96. The van der Waals surface area contributed by atoms with E-state index in [4.69, 9.17) is 9.47 Å². The predicted molar refractivity (Wildman–Crippen MR) is 142 cm³/mol. The minimum Gasteiger partial charge on any atom is -0.490 e. The molecule has 0 radical (unpaired) electrons.